The average molecular weight is 395 g/mol. The number of hydrogen-bond acceptors (Lipinski definition) is 3. The first kappa shape index (κ1) is 19.7. The molecule has 2 aromatic rings. The fraction of sp³-hybridized carbons (Fsp3) is 0.478. The number of benzene rings is 1. The first-order chi connectivity index (χ1) is 13.9. The lowest BCUT2D eigenvalue weighted by Crippen LogP contribution is -2.41. The minimum Gasteiger partial charge on any atom is -0.347 e. The van der Waals surface area contributed by atoms with Gasteiger partial charge in [0.15, 0.2) is 0 Å². The van der Waals surface area contributed by atoms with Gasteiger partial charge in [-0.05, 0) is 44.3 Å². The predicted molar refractivity (Wildman–Crippen MR) is 112 cm³/mol. The SMILES string of the molecule is Cc1ccccc1[C@H]1[C@@H]2CN(C(=O)c3cccn3C)C[C@@H]2CN1C(=O)CN(C)C. The first-order valence-corrected chi connectivity index (χ1v) is 10.3. The fourth-order valence-electron chi connectivity index (χ4n) is 4.99. The van der Waals surface area contributed by atoms with Crippen molar-refractivity contribution in [3.05, 3.63) is 59.4 Å². The van der Waals surface area contributed by atoms with E-state index in [0.29, 0.717) is 32.1 Å². The fourth-order valence-corrected chi connectivity index (χ4v) is 4.99. The average Bonchev–Trinajstić information content (AvgIpc) is 3.35. The highest BCUT2D eigenvalue weighted by Gasteiger charge is 2.50. The van der Waals surface area contributed by atoms with E-state index in [1.165, 1.54) is 11.1 Å². The number of amides is 2. The lowest BCUT2D eigenvalue weighted by molar-refractivity contribution is -0.133. The van der Waals surface area contributed by atoms with E-state index in [-0.39, 0.29) is 23.8 Å². The normalized spacial score (nSPS) is 23.7. The minimum atomic E-state index is 0.0277. The van der Waals surface area contributed by atoms with Crippen molar-refractivity contribution in [2.75, 3.05) is 40.3 Å². The number of carbonyl (C=O) groups is 2. The Balaban J connectivity index is 1.62. The maximum Gasteiger partial charge on any atom is 0.270 e. The summed E-state index contributed by atoms with van der Waals surface area (Å²) in [6, 6.07) is 12.1. The topological polar surface area (TPSA) is 48.8 Å². The van der Waals surface area contributed by atoms with Crippen LogP contribution >= 0.6 is 0 Å². The van der Waals surface area contributed by atoms with Crippen LogP contribution < -0.4 is 0 Å². The van der Waals surface area contributed by atoms with E-state index in [9.17, 15) is 9.59 Å². The molecule has 3 atom stereocenters. The molecule has 2 aliphatic rings. The Kier molecular flexibility index (Phi) is 5.21. The van der Waals surface area contributed by atoms with Crippen LogP contribution in [-0.2, 0) is 11.8 Å². The molecule has 2 amide bonds. The summed E-state index contributed by atoms with van der Waals surface area (Å²) < 4.78 is 1.88. The largest absolute Gasteiger partial charge is 0.347 e. The van der Waals surface area contributed by atoms with Crippen LogP contribution in [0.2, 0.25) is 0 Å². The number of likely N-dealkylation sites (N-methyl/N-ethyl adjacent to an activating group) is 1. The maximum absolute atomic E-state index is 13.0. The highest BCUT2D eigenvalue weighted by atomic mass is 16.2. The van der Waals surface area contributed by atoms with Crippen LogP contribution in [0, 0.1) is 18.8 Å². The predicted octanol–water partition coefficient (Wildman–Crippen LogP) is 2.17. The zero-order valence-electron chi connectivity index (χ0n) is 17.7. The summed E-state index contributed by atoms with van der Waals surface area (Å²) in [5.74, 6) is 0.834. The summed E-state index contributed by atoms with van der Waals surface area (Å²) in [4.78, 5) is 32.0. The third-order valence-electron chi connectivity index (χ3n) is 6.39. The van der Waals surface area contributed by atoms with Crippen molar-refractivity contribution in [1.29, 1.82) is 0 Å². The minimum absolute atomic E-state index is 0.0277. The summed E-state index contributed by atoms with van der Waals surface area (Å²) in [7, 11) is 5.76. The first-order valence-electron chi connectivity index (χ1n) is 10.3. The molecule has 0 saturated carbocycles. The van der Waals surface area contributed by atoms with E-state index in [0.717, 1.165) is 5.69 Å². The number of nitrogens with zero attached hydrogens (tertiary/aromatic N) is 4. The Morgan fingerprint density at radius 1 is 1.07 bits per heavy atom. The van der Waals surface area contributed by atoms with Gasteiger partial charge in [0.2, 0.25) is 5.91 Å². The van der Waals surface area contributed by atoms with Gasteiger partial charge in [-0.15, -0.1) is 0 Å². The van der Waals surface area contributed by atoms with Crippen LogP contribution in [0.15, 0.2) is 42.6 Å². The Morgan fingerprint density at radius 3 is 2.48 bits per heavy atom. The van der Waals surface area contributed by atoms with Gasteiger partial charge in [-0.2, -0.15) is 0 Å². The summed E-state index contributed by atoms with van der Waals surface area (Å²) in [6.07, 6.45) is 1.90. The second-order valence-electron chi connectivity index (χ2n) is 8.72. The van der Waals surface area contributed by atoms with Crippen molar-refractivity contribution < 1.29 is 9.59 Å². The van der Waals surface area contributed by atoms with Crippen molar-refractivity contribution in [2.45, 2.75) is 13.0 Å². The Labute approximate surface area is 172 Å². The number of aryl methyl sites for hydroxylation is 2. The summed E-state index contributed by atoms with van der Waals surface area (Å²) in [5, 5.41) is 0. The van der Waals surface area contributed by atoms with Crippen molar-refractivity contribution >= 4 is 11.8 Å². The van der Waals surface area contributed by atoms with Crippen molar-refractivity contribution in [1.82, 2.24) is 19.3 Å². The lowest BCUT2D eigenvalue weighted by atomic mass is 9.87. The van der Waals surface area contributed by atoms with E-state index < -0.39 is 0 Å². The van der Waals surface area contributed by atoms with Crippen LogP contribution in [0.1, 0.15) is 27.7 Å². The quantitative estimate of drug-likeness (QED) is 0.799. The molecular formula is C23H30N4O2. The van der Waals surface area contributed by atoms with E-state index >= 15 is 0 Å². The Bertz CT molecular complexity index is 919. The van der Waals surface area contributed by atoms with Crippen LogP contribution in [0.5, 0.6) is 0 Å². The molecule has 1 aromatic carbocycles. The zero-order valence-corrected chi connectivity index (χ0v) is 17.7. The number of rotatable bonds is 4. The molecule has 4 rings (SSSR count). The molecule has 0 bridgehead atoms. The number of hydrogen-bond donors (Lipinski definition) is 0. The van der Waals surface area contributed by atoms with Gasteiger partial charge in [0.05, 0.1) is 12.6 Å². The van der Waals surface area contributed by atoms with Gasteiger partial charge >= 0.3 is 0 Å². The molecule has 154 valence electrons. The number of likely N-dealkylation sites (tertiary alicyclic amines) is 2. The molecule has 3 heterocycles. The van der Waals surface area contributed by atoms with Crippen molar-refractivity contribution in [2.24, 2.45) is 18.9 Å². The molecule has 6 heteroatoms. The molecule has 0 spiro atoms. The molecule has 2 aliphatic heterocycles. The molecule has 29 heavy (non-hydrogen) atoms. The smallest absolute Gasteiger partial charge is 0.270 e. The van der Waals surface area contributed by atoms with Gasteiger partial charge < -0.3 is 19.3 Å². The van der Waals surface area contributed by atoms with Gasteiger partial charge in [-0.1, -0.05) is 24.3 Å². The standard InChI is InChI=1S/C23H30N4O2/c1-16-8-5-6-9-18(16)22-19-14-26(23(29)20-10-7-11-25(20)4)12-17(19)13-27(22)21(28)15-24(2)3/h5-11,17,19,22H,12-15H2,1-4H3/t17-,19-,22+/m1/s1. The molecule has 0 unspecified atom stereocenters. The third kappa shape index (κ3) is 3.57. The summed E-state index contributed by atoms with van der Waals surface area (Å²) in [6.45, 7) is 4.64. The van der Waals surface area contributed by atoms with E-state index in [4.69, 9.17) is 0 Å². The number of aromatic nitrogens is 1. The van der Waals surface area contributed by atoms with Crippen LogP contribution in [-0.4, -0.2) is 71.4 Å². The molecule has 6 nitrogen and oxygen atoms in total. The number of fused-ring (bicyclic) bond motifs is 1. The van der Waals surface area contributed by atoms with E-state index in [1.54, 1.807) is 0 Å². The Hall–Kier alpha value is -2.60. The molecule has 0 radical (unpaired) electrons. The van der Waals surface area contributed by atoms with Crippen LogP contribution in [0.4, 0.5) is 0 Å². The van der Waals surface area contributed by atoms with Crippen molar-refractivity contribution in [3.8, 4) is 0 Å². The summed E-state index contributed by atoms with van der Waals surface area (Å²) >= 11 is 0. The molecular weight excluding hydrogens is 364 g/mol. The van der Waals surface area contributed by atoms with Gasteiger partial charge in [0.1, 0.15) is 5.69 Å². The molecule has 1 aromatic heterocycles. The highest BCUT2D eigenvalue weighted by molar-refractivity contribution is 5.93. The molecule has 0 N–H and O–H groups in total. The van der Waals surface area contributed by atoms with Crippen LogP contribution in [0.25, 0.3) is 0 Å². The Morgan fingerprint density at radius 2 is 1.83 bits per heavy atom. The van der Waals surface area contributed by atoms with E-state index in [2.05, 4.69) is 24.0 Å². The highest BCUT2D eigenvalue weighted by Crippen LogP contribution is 2.46. The van der Waals surface area contributed by atoms with Gasteiger partial charge in [0.25, 0.3) is 5.91 Å². The third-order valence-corrected chi connectivity index (χ3v) is 6.39. The molecule has 0 aliphatic carbocycles. The lowest BCUT2D eigenvalue weighted by Gasteiger charge is -2.31. The second kappa shape index (κ2) is 7.67. The maximum atomic E-state index is 13.0. The summed E-state index contributed by atoms with van der Waals surface area (Å²) in [5.41, 5.74) is 3.13. The van der Waals surface area contributed by atoms with Crippen LogP contribution in [0.3, 0.4) is 0 Å². The zero-order chi connectivity index (χ0) is 20.7. The van der Waals surface area contributed by atoms with Gasteiger partial charge in [-0.25, -0.2) is 0 Å². The second-order valence-corrected chi connectivity index (χ2v) is 8.72. The molecule has 2 fully saturated rings. The van der Waals surface area contributed by atoms with Gasteiger partial charge in [0, 0.05) is 44.7 Å². The van der Waals surface area contributed by atoms with E-state index in [1.807, 2.05) is 66.0 Å². The monoisotopic (exact) mass is 394 g/mol. The number of carbonyl (C=O) groups excluding carboxylic acids is 2. The van der Waals surface area contributed by atoms with Crippen molar-refractivity contribution in [3.63, 3.8) is 0 Å². The molecule has 2 saturated heterocycles. The van der Waals surface area contributed by atoms with Gasteiger partial charge in [-0.3, -0.25) is 9.59 Å².